The molecule has 0 N–H and O–H groups in total. The SMILES string of the molecule is CCOC1CCOCC1F. The van der Waals surface area contributed by atoms with E-state index in [9.17, 15) is 4.39 Å². The molecule has 1 aliphatic heterocycles. The zero-order valence-corrected chi connectivity index (χ0v) is 6.18. The molecule has 0 saturated carbocycles. The molecule has 1 rings (SSSR count). The van der Waals surface area contributed by atoms with Gasteiger partial charge in [-0.3, -0.25) is 0 Å². The summed E-state index contributed by atoms with van der Waals surface area (Å²) < 4.78 is 22.8. The van der Waals surface area contributed by atoms with Crippen LogP contribution in [0, 0.1) is 0 Å². The van der Waals surface area contributed by atoms with Gasteiger partial charge in [-0.05, 0) is 13.3 Å². The normalized spacial score (nSPS) is 34.2. The summed E-state index contributed by atoms with van der Waals surface area (Å²) in [6.45, 7) is 3.29. The summed E-state index contributed by atoms with van der Waals surface area (Å²) >= 11 is 0. The van der Waals surface area contributed by atoms with Crippen molar-refractivity contribution in [2.24, 2.45) is 0 Å². The van der Waals surface area contributed by atoms with Crippen LogP contribution in [0.1, 0.15) is 13.3 Å². The number of rotatable bonds is 2. The van der Waals surface area contributed by atoms with Crippen molar-refractivity contribution < 1.29 is 13.9 Å². The topological polar surface area (TPSA) is 18.5 Å². The molecule has 0 amide bonds. The quantitative estimate of drug-likeness (QED) is 0.584. The average molecular weight is 148 g/mol. The smallest absolute Gasteiger partial charge is 0.149 e. The molecule has 1 heterocycles. The van der Waals surface area contributed by atoms with Crippen LogP contribution in [0.5, 0.6) is 0 Å². The molecule has 10 heavy (non-hydrogen) atoms. The number of hydrogen-bond donors (Lipinski definition) is 0. The Labute approximate surface area is 60.3 Å². The van der Waals surface area contributed by atoms with Gasteiger partial charge in [0, 0.05) is 13.2 Å². The minimum atomic E-state index is -0.923. The van der Waals surface area contributed by atoms with E-state index in [2.05, 4.69) is 0 Å². The van der Waals surface area contributed by atoms with E-state index in [1.807, 2.05) is 6.92 Å². The van der Waals surface area contributed by atoms with Crippen LogP contribution in [-0.2, 0) is 9.47 Å². The Morgan fingerprint density at radius 2 is 2.50 bits per heavy atom. The summed E-state index contributed by atoms with van der Waals surface area (Å²) in [5.74, 6) is 0. The molecule has 0 spiro atoms. The van der Waals surface area contributed by atoms with E-state index in [1.54, 1.807) is 0 Å². The summed E-state index contributed by atoms with van der Waals surface area (Å²) in [5, 5.41) is 0. The predicted octanol–water partition coefficient (Wildman–Crippen LogP) is 1.15. The second kappa shape index (κ2) is 3.88. The van der Waals surface area contributed by atoms with Gasteiger partial charge >= 0.3 is 0 Å². The fraction of sp³-hybridized carbons (Fsp3) is 1.00. The first-order valence-corrected chi connectivity index (χ1v) is 3.68. The molecule has 0 aliphatic carbocycles. The lowest BCUT2D eigenvalue weighted by Crippen LogP contribution is -2.35. The first kappa shape index (κ1) is 7.95. The third-order valence-corrected chi connectivity index (χ3v) is 1.61. The molecular weight excluding hydrogens is 135 g/mol. The van der Waals surface area contributed by atoms with Crippen molar-refractivity contribution in [1.82, 2.24) is 0 Å². The third-order valence-electron chi connectivity index (χ3n) is 1.61. The van der Waals surface area contributed by atoms with E-state index >= 15 is 0 Å². The average Bonchev–Trinajstić information content (AvgIpc) is 1.94. The van der Waals surface area contributed by atoms with E-state index in [4.69, 9.17) is 9.47 Å². The van der Waals surface area contributed by atoms with E-state index in [0.717, 1.165) is 0 Å². The number of alkyl halides is 1. The Kier molecular flexibility index (Phi) is 3.09. The molecule has 0 aromatic carbocycles. The highest BCUT2D eigenvalue weighted by molar-refractivity contribution is 4.72. The summed E-state index contributed by atoms with van der Waals surface area (Å²) in [4.78, 5) is 0. The third kappa shape index (κ3) is 1.92. The molecule has 3 heteroatoms. The Bertz CT molecular complexity index is 95.6. The molecule has 2 nitrogen and oxygen atoms in total. The van der Waals surface area contributed by atoms with Crippen molar-refractivity contribution >= 4 is 0 Å². The number of halogens is 1. The van der Waals surface area contributed by atoms with Crippen molar-refractivity contribution in [3.05, 3.63) is 0 Å². The fourth-order valence-electron chi connectivity index (χ4n) is 1.09. The number of ether oxygens (including phenoxy) is 2. The summed E-state index contributed by atoms with van der Waals surface area (Å²) in [7, 11) is 0. The van der Waals surface area contributed by atoms with Crippen molar-refractivity contribution in [2.45, 2.75) is 25.6 Å². The highest BCUT2D eigenvalue weighted by atomic mass is 19.1. The Hall–Kier alpha value is -0.150. The van der Waals surface area contributed by atoms with E-state index < -0.39 is 6.17 Å². The van der Waals surface area contributed by atoms with Gasteiger partial charge in [0.25, 0.3) is 0 Å². The van der Waals surface area contributed by atoms with Crippen molar-refractivity contribution in [3.63, 3.8) is 0 Å². The van der Waals surface area contributed by atoms with Crippen LogP contribution in [-0.4, -0.2) is 32.1 Å². The zero-order chi connectivity index (χ0) is 7.40. The van der Waals surface area contributed by atoms with Gasteiger partial charge in [0.1, 0.15) is 6.17 Å². The lowest BCUT2D eigenvalue weighted by Gasteiger charge is -2.25. The molecule has 1 saturated heterocycles. The van der Waals surface area contributed by atoms with Gasteiger partial charge in [0.05, 0.1) is 12.7 Å². The molecule has 2 atom stereocenters. The van der Waals surface area contributed by atoms with Gasteiger partial charge in [0.15, 0.2) is 0 Å². The van der Waals surface area contributed by atoms with Gasteiger partial charge in [0.2, 0.25) is 0 Å². The fourth-order valence-corrected chi connectivity index (χ4v) is 1.09. The van der Waals surface area contributed by atoms with Crippen LogP contribution in [0.2, 0.25) is 0 Å². The van der Waals surface area contributed by atoms with E-state index in [0.29, 0.717) is 19.6 Å². The molecule has 0 aromatic rings. The van der Waals surface area contributed by atoms with Crippen LogP contribution in [0.25, 0.3) is 0 Å². The maximum Gasteiger partial charge on any atom is 0.149 e. The molecule has 1 fully saturated rings. The van der Waals surface area contributed by atoms with Gasteiger partial charge in [-0.25, -0.2) is 4.39 Å². The lowest BCUT2D eigenvalue weighted by molar-refractivity contribution is -0.0810. The van der Waals surface area contributed by atoms with Crippen LogP contribution in [0.3, 0.4) is 0 Å². The summed E-state index contributed by atoms with van der Waals surface area (Å²) in [6, 6.07) is 0. The van der Waals surface area contributed by atoms with Gasteiger partial charge in [-0.15, -0.1) is 0 Å². The maximum absolute atomic E-state index is 12.8. The highest BCUT2D eigenvalue weighted by Gasteiger charge is 2.25. The van der Waals surface area contributed by atoms with Crippen molar-refractivity contribution in [3.8, 4) is 0 Å². The molecule has 1 aliphatic rings. The molecule has 60 valence electrons. The molecular formula is C7H13FO2. The molecule has 0 radical (unpaired) electrons. The summed E-state index contributed by atoms with van der Waals surface area (Å²) in [5.41, 5.74) is 0. The maximum atomic E-state index is 12.8. The molecule has 2 unspecified atom stereocenters. The van der Waals surface area contributed by atoms with Gasteiger partial charge in [-0.2, -0.15) is 0 Å². The minimum absolute atomic E-state index is 0.199. The lowest BCUT2D eigenvalue weighted by atomic mass is 10.1. The second-order valence-corrected chi connectivity index (χ2v) is 2.37. The molecule has 0 bridgehead atoms. The van der Waals surface area contributed by atoms with E-state index in [1.165, 1.54) is 0 Å². The minimum Gasteiger partial charge on any atom is -0.378 e. The van der Waals surface area contributed by atoms with Crippen LogP contribution < -0.4 is 0 Å². The van der Waals surface area contributed by atoms with Crippen molar-refractivity contribution in [2.75, 3.05) is 19.8 Å². The van der Waals surface area contributed by atoms with Crippen LogP contribution >= 0.6 is 0 Å². The summed E-state index contributed by atoms with van der Waals surface area (Å²) in [6.07, 6.45) is -0.456. The van der Waals surface area contributed by atoms with Gasteiger partial charge < -0.3 is 9.47 Å². The predicted molar refractivity (Wildman–Crippen MR) is 35.7 cm³/mol. The monoisotopic (exact) mass is 148 g/mol. The number of hydrogen-bond acceptors (Lipinski definition) is 2. The van der Waals surface area contributed by atoms with Crippen molar-refractivity contribution in [1.29, 1.82) is 0 Å². The molecule has 0 aromatic heterocycles. The Balaban J connectivity index is 2.25. The Morgan fingerprint density at radius 1 is 1.70 bits per heavy atom. The highest BCUT2D eigenvalue weighted by Crippen LogP contribution is 2.14. The Morgan fingerprint density at radius 3 is 3.10 bits per heavy atom. The first-order chi connectivity index (χ1) is 4.84. The standard InChI is InChI=1S/C7H13FO2/c1-2-10-7-3-4-9-5-6(7)8/h6-7H,2-5H2,1H3. The van der Waals surface area contributed by atoms with Gasteiger partial charge in [-0.1, -0.05) is 0 Å². The largest absolute Gasteiger partial charge is 0.378 e. The van der Waals surface area contributed by atoms with E-state index in [-0.39, 0.29) is 12.7 Å². The first-order valence-electron chi connectivity index (χ1n) is 3.68. The zero-order valence-electron chi connectivity index (χ0n) is 6.18. The van der Waals surface area contributed by atoms with Crippen LogP contribution in [0.4, 0.5) is 4.39 Å². The second-order valence-electron chi connectivity index (χ2n) is 2.37. The van der Waals surface area contributed by atoms with Crippen LogP contribution in [0.15, 0.2) is 0 Å².